The van der Waals surface area contributed by atoms with Gasteiger partial charge in [-0.3, -0.25) is 0 Å². The molecule has 29 heavy (non-hydrogen) atoms. The molecular weight excluding hydrogens is 390 g/mol. The lowest BCUT2D eigenvalue weighted by atomic mass is 10.1. The quantitative estimate of drug-likeness (QED) is 0.655. The van der Waals surface area contributed by atoms with Crippen LogP contribution in [0.1, 0.15) is 24.8 Å². The van der Waals surface area contributed by atoms with Crippen molar-refractivity contribution in [3.05, 3.63) is 42.1 Å². The van der Waals surface area contributed by atoms with Gasteiger partial charge in [0.25, 0.3) is 0 Å². The van der Waals surface area contributed by atoms with Gasteiger partial charge in [0.1, 0.15) is 10.7 Å². The summed E-state index contributed by atoms with van der Waals surface area (Å²) in [5.41, 5.74) is 1.12. The minimum atomic E-state index is -3.45. The minimum absolute atomic E-state index is 0.261. The summed E-state index contributed by atoms with van der Waals surface area (Å²) in [4.78, 5) is 6.66. The molecule has 0 atom stereocenters. The molecule has 158 valence electrons. The Morgan fingerprint density at radius 2 is 1.76 bits per heavy atom. The summed E-state index contributed by atoms with van der Waals surface area (Å²) < 4.78 is 37.7. The van der Waals surface area contributed by atoms with Crippen molar-refractivity contribution < 1.29 is 17.9 Å². The van der Waals surface area contributed by atoms with Crippen LogP contribution in [0.3, 0.4) is 0 Å². The van der Waals surface area contributed by atoms with Crippen LogP contribution in [0.4, 0.5) is 5.82 Å². The smallest absolute Gasteiger partial charge is 0.244 e. The number of benzene rings is 1. The van der Waals surface area contributed by atoms with E-state index in [1.54, 1.807) is 30.7 Å². The molecule has 0 unspecified atom stereocenters. The Hall–Kier alpha value is -2.32. The van der Waals surface area contributed by atoms with E-state index in [1.165, 1.54) is 6.20 Å². The molecule has 1 aromatic carbocycles. The maximum absolute atomic E-state index is 12.7. The number of likely N-dealkylation sites (N-methyl/N-ethyl adjacent to an activating group) is 1. The van der Waals surface area contributed by atoms with Gasteiger partial charge in [-0.15, -0.1) is 0 Å². The average Bonchev–Trinajstić information content (AvgIpc) is 2.77. The largest absolute Gasteiger partial charge is 0.493 e. The van der Waals surface area contributed by atoms with E-state index in [4.69, 9.17) is 9.47 Å². The standard InChI is InChI=1S/C21H29N3O4S/c1-23(14-11-17-7-9-19(27-2)20(15-17)28-3)21-10-8-18(16-22-21)29(25,26)24-12-5-4-6-13-24/h7-10,15-16H,4-6,11-14H2,1-3H3. The summed E-state index contributed by atoms with van der Waals surface area (Å²) in [5, 5.41) is 0. The first-order valence-electron chi connectivity index (χ1n) is 9.84. The van der Waals surface area contributed by atoms with Crippen molar-refractivity contribution in [1.29, 1.82) is 0 Å². The fraction of sp³-hybridized carbons (Fsp3) is 0.476. The Morgan fingerprint density at radius 1 is 1.03 bits per heavy atom. The number of ether oxygens (including phenoxy) is 2. The first-order chi connectivity index (χ1) is 14.0. The number of piperidine rings is 1. The predicted molar refractivity (Wildman–Crippen MR) is 113 cm³/mol. The third-order valence-electron chi connectivity index (χ3n) is 5.25. The first-order valence-corrected chi connectivity index (χ1v) is 11.3. The Balaban J connectivity index is 1.64. The second-order valence-electron chi connectivity index (χ2n) is 7.18. The fourth-order valence-electron chi connectivity index (χ4n) is 3.45. The molecule has 3 rings (SSSR count). The lowest BCUT2D eigenvalue weighted by Crippen LogP contribution is -2.35. The maximum Gasteiger partial charge on any atom is 0.244 e. The normalized spacial score (nSPS) is 15.1. The van der Waals surface area contributed by atoms with E-state index in [0.717, 1.165) is 43.6 Å². The van der Waals surface area contributed by atoms with E-state index in [-0.39, 0.29) is 4.90 Å². The molecule has 0 N–H and O–H groups in total. The Labute approximate surface area is 173 Å². The number of hydrogen-bond acceptors (Lipinski definition) is 6. The predicted octanol–water partition coefficient (Wildman–Crippen LogP) is 2.95. The van der Waals surface area contributed by atoms with Crippen LogP contribution in [0.25, 0.3) is 0 Å². The highest BCUT2D eigenvalue weighted by atomic mass is 32.2. The summed E-state index contributed by atoms with van der Waals surface area (Å²) in [6, 6.07) is 9.29. The number of aromatic nitrogens is 1. The number of sulfonamides is 1. The van der Waals surface area contributed by atoms with Gasteiger partial charge in [0, 0.05) is 32.9 Å². The molecule has 2 aromatic rings. The molecular formula is C21H29N3O4S. The zero-order valence-electron chi connectivity index (χ0n) is 17.3. The third-order valence-corrected chi connectivity index (χ3v) is 7.13. The van der Waals surface area contributed by atoms with Gasteiger partial charge >= 0.3 is 0 Å². The summed E-state index contributed by atoms with van der Waals surface area (Å²) >= 11 is 0. The van der Waals surface area contributed by atoms with Crippen LogP contribution in [0, 0.1) is 0 Å². The number of anilines is 1. The molecule has 0 radical (unpaired) electrons. The van der Waals surface area contributed by atoms with Gasteiger partial charge in [-0.2, -0.15) is 4.31 Å². The molecule has 0 bridgehead atoms. The van der Waals surface area contributed by atoms with E-state index in [9.17, 15) is 8.42 Å². The van der Waals surface area contributed by atoms with Crippen LogP contribution in [0.15, 0.2) is 41.4 Å². The van der Waals surface area contributed by atoms with Crippen molar-refractivity contribution in [3.8, 4) is 11.5 Å². The Morgan fingerprint density at radius 3 is 2.38 bits per heavy atom. The third kappa shape index (κ3) is 5.00. The van der Waals surface area contributed by atoms with Gasteiger partial charge in [0.15, 0.2) is 11.5 Å². The molecule has 1 saturated heterocycles. The number of rotatable bonds is 8. The van der Waals surface area contributed by atoms with E-state index >= 15 is 0 Å². The van der Waals surface area contributed by atoms with Crippen molar-refractivity contribution in [2.24, 2.45) is 0 Å². The zero-order chi connectivity index (χ0) is 20.9. The molecule has 2 heterocycles. The molecule has 0 aliphatic carbocycles. The van der Waals surface area contributed by atoms with E-state index < -0.39 is 10.0 Å². The van der Waals surface area contributed by atoms with Crippen molar-refractivity contribution in [3.63, 3.8) is 0 Å². The van der Waals surface area contributed by atoms with Crippen molar-refractivity contribution in [2.75, 3.05) is 45.8 Å². The Bertz CT molecular complexity index is 910. The van der Waals surface area contributed by atoms with Crippen molar-refractivity contribution >= 4 is 15.8 Å². The maximum atomic E-state index is 12.7. The van der Waals surface area contributed by atoms with E-state index in [0.29, 0.717) is 24.6 Å². The van der Waals surface area contributed by atoms with Crippen LogP contribution in [0.5, 0.6) is 11.5 Å². The number of hydrogen-bond donors (Lipinski definition) is 0. The SMILES string of the molecule is COc1ccc(CCN(C)c2ccc(S(=O)(=O)N3CCCCC3)cn2)cc1OC. The highest BCUT2D eigenvalue weighted by molar-refractivity contribution is 7.89. The van der Waals surface area contributed by atoms with Crippen LogP contribution in [-0.4, -0.2) is 58.6 Å². The van der Waals surface area contributed by atoms with Gasteiger partial charge in [-0.05, 0) is 49.1 Å². The molecule has 1 fully saturated rings. The second-order valence-corrected chi connectivity index (χ2v) is 9.12. The van der Waals surface area contributed by atoms with Crippen LogP contribution in [0.2, 0.25) is 0 Å². The summed E-state index contributed by atoms with van der Waals surface area (Å²) in [6.45, 7) is 1.92. The zero-order valence-corrected chi connectivity index (χ0v) is 18.1. The summed E-state index contributed by atoms with van der Waals surface area (Å²) in [6.07, 6.45) is 5.19. The highest BCUT2D eigenvalue weighted by Gasteiger charge is 2.26. The minimum Gasteiger partial charge on any atom is -0.493 e. The molecule has 0 saturated carbocycles. The monoisotopic (exact) mass is 419 g/mol. The average molecular weight is 420 g/mol. The number of pyridine rings is 1. The molecule has 0 spiro atoms. The van der Waals surface area contributed by atoms with Crippen LogP contribution in [-0.2, 0) is 16.4 Å². The number of methoxy groups -OCH3 is 2. The van der Waals surface area contributed by atoms with Gasteiger partial charge in [0.05, 0.1) is 14.2 Å². The van der Waals surface area contributed by atoms with Gasteiger partial charge in [-0.25, -0.2) is 13.4 Å². The molecule has 0 amide bonds. The van der Waals surface area contributed by atoms with E-state index in [2.05, 4.69) is 4.98 Å². The lowest BCUT2D eigenvalue weighted by Gasteiger charge is -2.26. The van der Waals surface area contributed by atoms with Gasteiger partial charge < -0.3 is 14.4 Å². The first kappa shape index (κ1) is 21.4. The number of nitrogens with zero attached hydrogens (tertiary/aromatic N) is 3. The van der Waals surface area contributed by atoms with Crippen LogP contribution >= 0.6 is 0 Å². The van der Waals surface area contributed by atoms with Gasteiger partial charge in [-0.1, -0.05) is 12.5 Å². The molecule has 1 aromatic heterocycles. The molecule has 7 nitrogen and oxygen atoms in total. The van der Waals surface area contributed by atoms with Crippen molar-refractivity contribution in [1.82, 2.24) is 9.29 Å². The van der Waals surface area contributed by atoms with Gasteiger partial charge in [0.2, 0.25) is 10.0 Å². The van der Waals surface area contributed by atoms with Crippen molar-refractivity contribution in [2.45, 2.75) is 30.6 Å². The Kier molecular flexibility index (Phi) is 6.97. The van der Waals surface area contributed by atoms with Crippen LogP contribution < -0.4 is 14.4 Å². The lowest BCUT2D eigenvalue weighted by molar-refractivity contribution is 0.346. The highest BCUT2D eigenvalue weighted by Crippen LogP contribution is 2.28. The molecule has 8 heteroatoms. The molecule has 1 aliphatic heterocycles. The van der Waals surface area contributed by atoms with E-state index in [1.807, 2.05) is 30.1 Å². The summed E-state index contributed by atoms with van der Waals surface area (Å²) in [5.74, 6) is 2.15. The second kappa shape index (κ2) is 9.45. The molecule has 1 aliphatic rings. The fourth-order valence-corrected chi connectivity index (χ4v) is 4.92. The summed E-state index contributed by atoms with van der Waals surface area (Å²) in [7, 11) is 1.74. The topological polar surface area (TPSA) is 72.0 Å².